The van der Waals surface area contributed by atoms with E-state index in [1.807, 2.05) is 0 Å². The highest BCUT2D eigenvalue weighted by molar-refractivity contribution is 5.80. The summed E-state index contributed by atoms with van der Waals surface area (Å²) in [5.74, 6) is -0.394. The molecule has 0 saturated carbocycles. The first kappa shape index (κ1) is 10.2. The Morgan fingerprint density at radius 1 is 1.75 bits per heavy atom. The molecule has 3 nitrogen and oxygen atoms in total. The van der Waals surface area contributed by atoms with E-state index in [9.17, 15) is 4.79 Å². The third kappa shape index (κ3) is 8.95. The first-order valence-corrected chi connectivity index (χ1v) is 1.96. The number of hydrogen-bond donors (Lipinski definition) is 1. The average Bonchev–Trinajstić information content (AvgIpc) is 1.91. The molecule has 8 heavy (non-hydrogen) atoms. The second-order valence-corrected chi connectivity index (χ2v) is 0.727. The van der Waals surface area contributed by atoms with Crippen molar-refractivity contribution in [3.05, 3.63) is 12.7 Å². The highest BCUT2D eigenvalue weighted by Gasteiger charge is 1.81. The number of aliphatic hydroxyl groups is 1. The van der Waals surface area contributed by atoms with Crippen LogP contribution in [0.3, 0.4) is 0 Å². The monoisotopic (exact) mass is 118 g/mol. The summed E-state index contributed by atoms with van der Waals surface area (Å²) >= 11 is 0. The van der Waals surface area contributed by atoms with Crippen LogP contribution in [0.2, 0.25) is 0 Å². The molecule has 48 valence electrons. The Morgan fingerprint density at radius 3 is 2.12 bits per heavy atom. The number of hydrogen-bond acceptors (Lipinski definition) is 3. The normalized spacial score (nSPS) is 5.88. The number of carbonyl (C=O) groups excluding carboxylic acids is 1. The lowest BCUT2D eigenvalue weighted by Crippen LogP contribution is -1.91. The fourth-order valence-electron chi connectivity index (χ4n) is 0.0833. The Bertz CT molecular complexity index is 68.1. The van der Waals surface area contributed by atoms with Gasteiger partial charge in [0.05, 0.1) is 7.11 Å². The Balaban J connectivity index is 0. The molecule has 0 aliphatic carbocycles. The maximum absolute atomic E-state index is 9.84. The standard InChI is InChI=1S/C4H6O2.CH4O/c1-3-4(5)6-2;1-2/h3H,1H2,2H3;2H,1H3. The van der Waals surface area contributed by atoms with Crippen molar-refractivity contribution in [3.63, 3.8) is 0 Å². The lowest BCUT2D eigenvalue weighted by Gasteiger charge is -1.83. The van der Waals surface area contributed by atoms with Crippen LogP contribution in [0, 0.1) is 0 Å². The molecular weight excluding hydrogens is 108 g/mol. The highest BCUT2D eigenvalue weighted by Crippen LogP contribution is 1.67. The second-order valence-electron chi connectivity index (χ2n) is 0.727. The molecule has 0 aliphatic rings. The van der Waals surface area contributed by atoms with Gasteiger partial charge in [-0.25, -0.2) is 4.79 Å². The molecule has 0 aromatic heterocycles. The van der Waals surface area contributed by atoms with Gasteiger partial charge in [-0.05, 0) is 0 Å². The van der Waals surface area contributed by atoms with E-state index in [1.54, 1.807) is 0 Å². The van der Waals surface area contributed by atoms with Gasteiger partial charge >= 0.3 is 5.97 Å². The predicted molar refractivity (Wildman–Crippen MR) is 30.4 cm³/mol. The van der Waals surface area contributed by atoms with E-state index in [-0.39, 0.29) is 0 Å². The van der Waals surface area contributed by atoms with Crippen LogP contribution in [-0.4, -0.2) is 25.3 Å². The SMILES string of the molecule is C=CC(=O)OC.CO. The van der Waals surface area contributed by atoms with Crippen molar-refractivity contribution in [1.29, 1.82) is 0 Å². The van der Waals surface area contributed by atoms with E-state index >= 15 is 0 Å². The minimum atomic E-state index is -0.394. The smallest absolute Gasteiger partial charge is 0.329 e. The van der Waals surface area contributed by atoms with E-state index in [1.165, 1.54) is 7.11 Å². The molecule has 0 atom stereocenters. The van der Waals surface area contributed by atoms with Gasteiger partial charge in [-0.2, -0.15) is 0 Å². The van der Waals surface area contributed by atoms with Crippen molar-refractivity contribution in [2.45, 2.75) is 0 Å². The first-order chi connectivity index (χ1) is 3.81. The summed E-state index contributed by atoms with van der Waals surface area (Å²) in [5.41, 5.74) is 0. The van der Waals surface area contributed by atoms with Gasteiger partial charge in [0, 0.05) is 13.2 Å². The lowest BCUT2D eigenvalue weighted by molar-refractivity contribution is -0.134. The third-order valence-electron chi connectivity index (χ3n) is 0.368. The number of ether oxygens (including phenoxy) is 1. The minimum Gasteiger partial charge on any atom is -0.466 e. The fraction of sp³-hybridized carbons (Fsp3) is 0.400. The molecule has 0 radical (unpaired) electrons. The van der Waals surface area contributed by atoms with Crippen molar-refractivity contribution in [1.82, 2.24) is 0 Å². The highest BCUT2D eigenvalue weighted by atomic mass is 16.5. The summed E-state index contributed by atoms with van der Waals surface area (Å²) in [6.45, 7) is 3.16. The molecule has 0 unspecified atom stereocenters. The topological polar surface area (TPSA) is 46.5 Å². The van der Waals surface area contributed by atoms with Gasteiger partial charge < -0.3 is 9.84 Å². The van der Waals surface area contributed by atoms with Gasteiger partial charge in [0.2, 0.25) is 0 Å². The number of methoxy groups -OCH3 is 1. The van der Waals surface area contributed by atoms with Crippen molar-refractivity contribution in [2.24, 2.45) is 0 Å². The number of rotatable bonds is 1. The van der Waals surface area contributed by atoms with Gasteiger partial charge in [0.15, 0.2) is 0 Å². The Kier molecular flexibility index (Phi) is 12.1. The molecule has 0 aromatic carbocycles. The van der Waals surface area contributed by atoms with Crippen LogP contribution in [0.25, 0.3) is 0 Å². The summed E-state index contributed by atoms with van der Waals surface area (Å²) in [5, 5.41) is 7.00. The number of aliphatic hydroxyl groups excluding tert-OH is 1. The second kappa shape index (κ2) is 9.48. The summed E-state index contributed by atoms with van der Waals surface area (Å²) in [6.07, 6.45) is 1.11. The van der Waals surface area contributed by atoms with Crippen LogP contribution in [0.4, 0.5) is 0 Å². The summed E-state index contributed by atoms with van der Waals surface area (Å²) in [6, 6.07) is 0. The molecule has 0 saturated heterocycles. The molecule has 0 spiro atoms. The predicted octanol–water partition coefficient (Wildman–Crippen LogP) is -0.0461. The average molecular weight is 118 g/mol. The van der Waals surface area contributed by atoms with Crippen LogP contribution >= 0.6 is 0 Å². The first-order valence-electron chi connectivity index (χ1n) is 1.96. The van der Waals surface area contributed by atoms with Gasteiger partial charge in [-0.3, -0.25) is 0 Å². The quantitative estimate of drug-likeness (QED) is 0.388. The molecule has 0 heterocycles. The summed E-state index contributed by atoms with van der Waals surface area (Å²) < 4.78 is 4.14. The van der Waals surface area contributed by atoms with Gasteiger partial charge in [-0.15, -0.1) is 0 Å². The largest absolute Gasteiger partial charge is 0.466 e. The maximum atomic E-state index is 9.84. The summed E-state index contributed by atoms with van der Waals surface area (Å²) in [7, 11) is 2.31. The Hall–Kier alpha value is -0.830. The molecule has 0 amide bonds. The number of carbonyl (C=O) groups is 1. The van der Waals surface area contributed by atoms with Crippen LogP contribution in [0.5, 0.6) is 0 Å². The van der Waals surface area contributed by atoms with Crippen LogP contribution in [0.1, 0.15) is 0 Å². The van der Waals surface area contributed by atoms with E-state index in [0.29, 0.717) is 0 Å². The molecule has 0 rings (SSSR count). The summed E-state index contributed by atoms with van der Waals surface area (Å²) in [4.78, 5) is 9.84. The molecule has 0 fully saturated rings. The zero-order valence-corrected chi connectivity index (χ0v) is 5.05. The molecule has 3 heteroatoms. The zero-order valence-electron chi connectivity index (χ0n) is 5.05. The molecular formula is C5H10O3. The van der Waals surface area contributed by atoms with Crippen LogP contribution in [0.15, 0.2) is 12.7 Å². The Morgan fingerprint density at radius 2 is 2.12 bits per heavy atom. The lowest BCUT2D eigenvalue weighted by atomic mass is 10.7. The molecule has 0 bridgehead atoms. The van der Waals surface area contributed by atoms with Crippen molar-refractivity contribution >= 4 is 5.97 Å². The third-order valence-corrected chi connectivity index (χ3v) is 0.368. The van der Waals surface area contributed by atoms with Gasteiger partial charge in [0.1, 0.15) is 0 Å². The van der Waals surface area contributed by atoms with Crippen LogP contribution in [-0.2, 0) is 9.53 Å². The maximum Gasteiger partial charge on any atom is 0.329 e. The van der Waals surface area contributed by atoms with Gasteiger partial charge in [0.25, 0.3) is 0 Å². The zero-order chi connectivity index (χ0) is 6.99. The van der Waals surface area contributed by atoms with E-state index in [4.69, 9.17) is 5.11 Å². The number of esters is 1. The van der Waals surface area contributed by atoms with E-state index < -0.39 is 5.97 Å². The van der Waals surface area contributed by atoms with E-state index in [0.717, 1.165) is 13.2 Å². The van der Waals surface area contributed by atoms with Gasteiger partial charge in [-0.1, -0.05) is 6.58 Å². The van der Waals surface area contributed by atoms with Crippen molar-refractivity contribution < 1.29 is 14.6 Å². The van der Waals surface area contributed by atoms with Crippen molar-refractivity contribution in [2.75, 3.05) is 14.2 Å². The minimum absolute atomic E-state index is 0.394. The molecule has 0 aromatic rings. The van der Waals surface area contributed by atoms with Crippen molar-refractivity contribution in [3.8, 4) is 0 Å². The van der Waals surface area contributed by atoms with Crippen LogP contribution < -0.4 is 0 Å². The van der Waals surface area contributed by atoms with E-state index in [2.05, 4.69) is 11.3 Å². The fourth-order valence-corrected chi connectivity index (χ4v) is 0.0833. The molecule has 0 aliphatic heterocycles. The Labute approximate surface area is 48.6 Å². The molecule has 1 N–H and O–H groups in total.